The summed E-state index contributed by atoms with van der Waals surface area (Å²) in [5, 5.41) is 13.2. The zero-order valence-corrected chi connectivity index (χ0v) is 10.3. The lowest BCUT2D eigenvalue weighted by Gasteiger charge is -2.22. The molecule has 7 N–H and O–H groups in total. The number of aliphatic hydroxyl groups is 1. The SMILES string of the molecule is NNc1cc(NC2CCCCCC2O)nc(N)n1. The molecule has 1 aliphatic rings. The zero-order chi connectivity index (χ0) is 13.0. The molecule has 7 nitrogen and oxygen atoms in total. The fraction of sp³-hybridized carbons (Fsp3) is 0.636. The van der Waals surface area contributed by atoms with Crippen molar-refractivity contribution in [2.75, 3.05) is 16.5 Å². The standard InChI is InChI=1S/C11H20N6O/c12-11-15-9(6-10(16-11)17-13)14-7-4-2-1-3-5-8(7)18/h6-8,18H,1-5,13H2,(H4,12,14,15,16,17). The number of hydrogen-bond donors (Lipinski definition) is 5. The van der Waals surface area contributed by atoms with E-state index in [1.54, 1.807) is 6.07 Å². The molecule has 2 rings (SSSR count). The predicted molar refractivity (Wildman–Crippen MR) is 70.8 cm³/mol. The molecule has 0 saturated heterocycles. The van der Waals surface area contributed by atoms with E-state index >= 15 is 0 Å². The highest BCUT2D eigenvalue weighted by atomic mass is 16.3. The van der Waals surface area contributed by atoms with Gasteiger partial charge in [-0.15, -0.1) is 0 Å². The number of hydrogen-bond acceptors (Lipinski definition) is 7. The summed E-state index contributed by atoms with van der Waals surface area (Å²) in [7, 11) is 0. The fourth-order valence-electron chi connectivity index (χ4n) is 2.26. The predicted octanol–water partition coefficient (Wildman–Crippen LogP) is 0.450. The van der Waals surface area contributed by atoms with Crippen LogP contribution < -0.4 is 22.3 Å². The molecule has 0 aromatic carbocycles. The Balaban J connectivity index is 2.09. The van der Waals surface area contributed by atoms with Crippen molar-refractivity contribution >= 4 is 17.6 Å². The lowest BCUT2D eigenvalue weighted by Crippen LogP contribution is -2.33. The quantitative estimate of drug-likeness (QED) is 0.301. The average Bonchev–Trinajstić information content (AvgIpc) is 2.54. The summed E-state index contributed by atoms with van der Waals surface area (Å²) in [5.41, 5.74) is 8.02. The average molecular weight is 252 g/mol. The first-order valence-corrected chi connectivity index (χ1v) is 6.25. The molecule has 100 valence electrons. The Morgan fingerprint density at radius 1 is 1.17 bits per heavy atom. The van der Waals surface area contributed by atoms with Crippen LogP contribution in [0.2, 0.25) is 0 Å². The zero-order valence-electron chi connectivity index (χ0n) is 10.3. The molecule has 1 aliphatic carbocycles. The molecule has 0 bridgehead atoms. The van der Waals surface area contributed by atoms with Crippen LogP contribution in [0.3, 0.4) is 0 Å². The summed E-state index contributed by atoms with van der Waals surface area (Å²) in [6, 6.07) is 1.68. The van der Waals surface area contributed by atoms with Gasteiger partial charge in [-0.05, 0) is 12.8 Å². The maximum absolute atomic E-state index is 10.0. The van der Waals surface area contributed by atoms with Crippen molar-refractivity contribution in [2.24, 2.45) is 5.84 Å². The monoisotopic (exact) mass is 252 g/mol. The molecule has 0 radical (unpaired) electrons. The van der Waals surface area contributed by atoms with E-state index < -0.39 is 0 Å². The van der Waals surface area contributed by atoms with Crippen LogP contribution in [-0.2, 0) is 0 Å². The van der Waals surface area contributed by atoms with Gasteiger partial charge >= 0.3 is 0 Å². The van der Waals surface area contributed by atoms with Crippen LogP contribution in [0.15, 0.2) is 6.07 Å². The molecule has 0 spiro atoms. The van der Waals surface area contributed by atoms with Crippen LogP contribution in [0.1, 0.15) is 32.1 Å². The van der Waals surface area contributed by atoms with Crippen LogP contribution in [0.25, 0.3) is 0 Å². The van der Waals surface area contributed by atoms with E-state index in [9.17, 15) is 5.11 Å². The van der Waals surface area contributed by atoms with Gasteiger partial charge in [0.15, 0.2) is 0 Å². The minimum absolute atomic E-state index is 0.00687. The largest absolute Gasteiger partial charge is 0.391 e. The second-order valence-corrected chi connectivity index (χ2v) is 4.60. The molecular formula is C11H20N6O. The summed E-state index contributed by atoms with van der Waals surface area (Å²) in [4.78, 5) is 8.00. The molecule has 2 atom stereocenters. The molecule has 0 amide bonds. The van der Waals surface area contributed by atoms with Crippen LogP contribution in [0, 0.1) is 0 Å². The van der Waals surface area contributed by atoms with Gasteiger partial charge in [0.1, 0.15) is 11.6 Å². The van der Waals surface area contributed by atoms with Crippen molar-refractivity contribution in [3.8, 4) is 0 Å². The molecule has 18 heavy (non-hydrogen) atoms. The minimum atomic E-state index is -0.349. The number of hydrazine groups is 1. The lowest BCUT2D eigenvalue weighted by atomic mass is 10.1. The molecule has 0 aliphatic heterocycles. The van der Waals surface area contributed by atoms with E-state index in [0.717, 1.165) is 32.1 Å². The highest BCUT2D eigenvalue weighted by Gasteiger charge is 2.21. The normalized spacial score (nSPS) is 24.3. The highest BCUT2D eigenvalue weighted by Crippen LogP contribution is 2.22. The third-order valence-corrected chi connectivity index (χ3v) is 3.20. The molecular weight excluding hydrogens is 232 g/mol. The topological polar surface area (TPSA) is 122 Å². The summed E-state index contributed by atoms with van der Waals surface area (Å²) in [5.74, 6) is 6.49. The van der Waals surface area contributed by atoms with Crippen molar-refractivity contribution in [2.45, 2.75) is 44.2 Å². The van der Waals surface area contributed by atoms with Crippen LogP contribution in [-0.4, -0.2) is 27.2 Å². The Morgan fingerprint density at radius 3 is 2.67 bits per heavy atom. The Bertz CT molecular complexity index is 399. The van der Waals surface area contributed by atoms with Crippen LogP contribution >= 0.6 is 0 Å². The van der Waals surface area contributed by atoms with Crippen molar-refractivity contribution in [1.29, 1.82) is 0 Å². The molecule has 1 fully saturated rings. The third-order valence-electron chi connectivity index (χ3n) is 3.20. The smallest absolute Gasteiger partial charge is 0.223 e. The Kier molecular flexibility index (Phi) is 4.16. The number of rotatable bonds is 3. The highest BCUT2D eigenvalue weighted by molar-refractivity contribution is 5.50. The van der Waals surface area contributed by atoms with Gasteiger partial charge in [0.25, 0.3) is 0 Å². The molecule has 1 aromatic rings. The van der Waals surface area contributed by atoms with Crippen LogP contribution in [0.5, 0.6) is 0 Å². The van der Waals surface area contributed by atoms with Gasteiger partial charge in [-0.2, -0.15) is 9.97 Å². The van der Waals surface area contributed by atoms with Gasteiger partial charge in [0.2, 0.25) is 5.95 Å². The van der Waals surface area contributed by atoms with E-state index in [2.05, 4.69) is 20.7 Å². The van der Waals surface area contributed by atoms with Crippen molar-refractivity contribution in [3.05, 3.63) is 6.07 Å². The van der Waals surface area contributed by atoms with E-state index in [1.165, 1.54) is 0 Å². The molecule has 1 aromatic heterocycles. The summed E-state index contributed by atoms with van der Waals surface area (Å²) < 4.78 is 0. The van der Waals surface area contributed by atoms with E-state index in [1.807, 2.05) is 0 Å². The number of aliphatic hydroxyl groups excluding tert-OH is 1. The summed E-state index contributed by atoms with van der Waals surface area (Å²) in [6.45, 7) is 0. The number of nitrogens with zero attached hydrogens (tertiary/aromatic N) is 2. The maximum atomic E-state index is 10.0. The Labute approximate surface area is 106 Å². The number of nitrogens with two attached hydrogens (primary N) is 2. The first-order chi connectivity index (χ1) is 8.69. The number of anilines is 3. The van der Waals surface area contributed by atoms with Gasteiger partial charge < -0.3 is 21.6 Å². The van der Waals surface area contributed by atoms with Crippen LogP contribution in [0.4, 0.5) is 17.6 Å². The van der Waals surface area contributed by atoms with E-state index in [-0.39, 0.29) is 18.1 Å². The molecule has 1 heterocycles. The van der Waals surface area contributed by atoms with Crippen molar-refractivity contribution in [1.82, 2.24) is 9.97 Å². The molecule has 2 unspecified atom stereocenters. The molecule has 7 heteroatoms. The summed E-state index contributed by atoms with van der Waals surface area (Å²) in [6.07, 6.45) is 4.74. The maximum Gasteiger partial charge on any atom is 0.223 e. The van der Waals surface area contributed by atoms with Gasteiger partial charge in [-0.1, -0.05) is 19.3 Å². The Morgan fingerprint density at radius 2 is 1.89 bits per heavy atom. The van der Waals surface area contributed by atoms with Crippen molar-refractivity contribution < 1.29 is 5.11 Å². The van der Waals surface area contributed by atoms with Gasteiger partial charge in [-0.3, -0.25) is 0 Å². The van der Waals surface area contributed by atoms with Gasteiger partial charge in [0, 0.05) is 6.07 Å². The number of aromatic nitrogens is 2. The number of nitrogen functional groups attached to an aromatic ring is 2. The number of nitrogens with one attached hydrogen (secondary N) is 2. The fourth-order valence-corrected chi connectivity index (χ4v) is 2.26. The van der Waals surface area contributed by atoms with E-state index in [0.29, 0.717) is 11.6 Å². The first-order valence-electron chi connectivity index (χ1n) is 6.25. The van der Waals surface area contributed by atoms with E-state index in [4.69, 9.17) is 11.6 Å². The minimum Gasteiger partial charge on any atom is -0.391 e. The first kappa shape index (κ1) is 12.8. The summed E-state index contributed by atoms with van der Waals surface area (Å²) >= 11 is 0. The lowest BCUT2D eigenvalue weighted by molar-refractivity contribution is 0.144. The van der Waals surface area contributed by atoms with Gasteiger partial charge in [0.05, 0.1) is 12.1 Å². The Hall–Kier alpha value is -1.60. The van der Waals surface area contributed by atoms with Gasteiger partial charge in [-0.25, -0.2) is 5.84 Å². The molecule has 1 saturated carbocycles. The second-order valence-electron chi connectivity index (χ2n) is 4.60. The van der Waals surface area contributed by atoms with Crippen molar-refractivity contribution in [3.63, 3.8) is 0 Å². The third kappa shape index (κ3) is 3.21. The second kappa shape index (κ2) is 5.83.